The van der Waals surface area contributed by atoms with Crippen LogP contribution in [0.15, 0.2) is 66.7 Å². The van der Waals surface area contributed by atoms with Gasteiger partial charge < -0.3 is 20.9 Å². The summed E-state index contributed by atoms with van der Waals surface area (Å²) in [7, 11) is 0. The Morgan fingerprint density at radius 1 is 1.10 bits per heavy atom. The van der Waals surface area contributed by atoms with Crippen LogP contribution in [0.25, 0.3) is 11.6 Å². The quantitative estimate of drug-likeness (QED) is 0.493. The second-order valence-corrected chi connectivity index (χ2v) is 7.54. The van der Waals surface area contributed by atoms with Gasteiger partial charge in [-0.15, -0.1) is 0 Å². The second-order valence-electron chi connectivity index (χ2n) is 7.14. The van der Waals surface area contributed by atoms with Crippen molar-refractivity contribution in [3.05, 3.63) is 88.4 Å². The van der Waals surface area contributed by atoms with E-state index >= 15 is 0 Å². The van der Waals surface area contributed by atoms with E-state index in [4.69, 9.17) is 27.2 Å². The van der Waals surface area contributed by atoms with Crippen LogP contribution in [0, 0.1) is 0 Å². The summed E-state index contributed by atoms with van der Waals surface area (Å²) < 4.78 is 5.84. The maximum atomic E-state index is 12.3. The van der Waals surface area contributed by atoms with E-state index in [0.29, 0.717) is 27.7 Å². The second kappa shape index (κ2) is 8.63. The predicted molar refractivity (Wildman–Crippen MR) is 120 cm³/mol. The first-order valence-corrected chi connectivity index (χ1v) is 9.95. The van der Waals surface area contributed by atoms with Crippen molar-refractivity contribution in [2.75, 3.05) is 5.32 Å². The molecular formula is C24H19ClN2O4. The molecule has 0 unspecified atom stereocenters. The van der Waals surface area contributed by atoms with Gasteiger partial charge in [0.1, 0.15) is 17.5 Å². The zero-order valence-corrected chi connectivity index (χ0v) is 17.1. The highest BCUT2D eigenvalue weighted by atomic mass is 35.5. The van der Waals surface area contributed by atoms with Crippen molar-refractivity contribution in [1.29, 1.82) is 0 Å². The summed E-state index contributed by atoms with van der Waals surface area (Å²) in [4.78, 5) is 23.2. The van der Waals surface area contributed by atoms with Gasteiger partial charge in [0.2, 0.25) is 0 Å². The Labute approximate surface area is 183 Å². The zero-order valence-electron chi connectivity index (χ0n) is 16.3. The van der Waals surface area contributed by atoms with Gasteiger partial charge in [0.15, 0.2) is 0 Å². The smallest absolute Gasteiger partial charge is 0.320 e. The Morgan fingerprint density at radius 2 is 1.81 bits per heavy atom. The number of ether oxygens (including phenoxy) is 1. The van der Waals surface area contributed by atoms with Crippen LogP contribution < -0.4 is 15.8 Å². The summed E-state index contributed by atoms with van der Waals surface area (Å²) in [5.41, 5.74) is 9.24. The van der Waals surface area contributed by atoms with Crippen LogP contribution in [0.4, 0.5) is 5.69 Å². The first kappa shape index (κ1) is 20.7. The van der Waals surface area contributed by atoms with Gasteiger partial charge in [-0.1, -0.05) is 41.9 Å². The molecule has 0 aromatic heterocycles. The van der Waals surface area contributed by atoms with Gasteiger partial charge >= 0.3 is 5.97 Å². The van der Waals surface area contributed by atoms with Crippen molar-refractivity contribution < 1.29 is 19.4 Å². The molecule has 0 bridgehead atoms. The highest BCUT2D eigenvalue weighted by Crippen LogP contribution is 2.35. The third-order valence-corrected chi connectivity index (χ3v) is 5.24. The molecule has 0 fully saturated rings. The zero-order chi connectivity index (χ0) is 22.0. The lowest BCUT2D eigenvalue weighted by atomic mass is 10.0. The SMILES string of the molecule is N[C@@H](Cc1ccc(Oc2ccc(C=C3C(=O)Nc4ccccc43)c(Cl)c2)cc1)C(=O)O. The minimum Gasteiger partial charge on any atom is -0.480 e. The molecule has 1 heterocycles. The average Bonchev–Trinajstić information content (AvgIpc) is 3.06. The number of fused-ring (bicyclic) bond motifs is 1. The lowest BCUT2D eigenvalue weighted by Crippen LogP contribution is -2.32. The minimum absolute atomic E-state index is 0.166. The molecule has 0 radical (unpaired) electrons. The van der Waals surface area contributed by atoms with Crippen LogP contribution in [0.2, 0.25) is 5.02 Å². The van der Waals surface area contributed by atoms with Crippen molar-refractivity contribution >= 4 is 40.8 Å². The summed E-state index contributed by atoms with van der Waals surface area (Å²) in [6.45, 7) is 0. The molecule has 4 rings (SSSR count). The predicted octanol–water partition coefficient (Wildman–Crippen LogP) is 4.58. The summed E-state index contributed by atoms with van der Waals surface area (Å²) >= 11 is 6.44. The summed E-state index contributed by atoms with van der Waals surface area (Å²) in [6, 6.07) is 18.8. The average molecular weight is 435 g/mol. The van der Waals surface area contributed by atoms with Gasteiger partial charge in [-0.2, -0.15) is 0 Å². The number of hydrogen-bond acceptors (Lipinski definition) is 4. The first-order chi connectivity index (χ1) is 14.9. The van der Waals surface area contributed by atoms with Crippen LogP contribution in [-0.4, -0.2) is 23.0 Å². The number of carboxylic acid groups (broad SMARTS) is 1. The highest BCUT2D eigenvalue weighted by molar-refractivity contribution is 6.37. The molecule has 1 amide bonds. The summed E-state index contributed by atoms with van der Waals surface area (Å²) in [5.74, 6) is -0.0822. The Hall–Kier alpha value is -3.61. The molecular weight excluding hydrogens is 416 g/mol. The molecule has 1 atom stereocenters. The van der Waals surface area contributed by atoms with E-state index in [1.165, 1.54) is 0 Å². The molecule has 0 saturated heterocycles. The van der Waals surface area contributed by atoms with Crippen LogP contribution >= 0.6 is 11.6 Å². The molecule has 3 aromatic carbocycles. The number of nitrogens with one attached hydrogen (secondary N) is 1. The van der Waals surface area contributed by atoms with Crippen LogP contribution in [0.1, 0.15) is 16.7 Å². The number of carboxylic acids is 1. The van der Waals surface area contributed by atoms with Gasteiger partial charge in [-0.3, -0.25) is 9.59 Å². The van der Waals surface area contributed by atoms with Crippen molar-refractivity contribution in [3.8, 4) is 11.5 Å². The number of nitrogens with two attached hydrogens (primary N) is 1. The van der Waals surface area contributed by atoms with Crippen molar-refractivity contribution in [1.82, 2.24) is 0 Å². The number of amides is 1. The molecule has 1 aliphatic rings. The molecule has 1 aliphatic heterocycles. The van der Waals surface area contributed by atoms with E-state index in [1.54, 1.807) is 48.5 Å². The standard InChI is InChI=1S/C24H19ClN2O4/c25-20-13-17(31-16-8-5-14(6-9-16)11-21(26)24(29)30)10-7-15(20)12-19-18-3-1-2-4-22(18)27-23(19)28/h1-10,12-13,21H,11,26H2,(H,27,28)(H,29,30)/t21-/m0/s1. The van der Waals surface area contributed by atoms with Gasteiger partial charge in [0, 0.05) is 16.8 Å². The number of anilines is 1. The lowest BCUT2D eigenvalue weighted by molar-refractivity contribution is -0.138. The molecule has 31 heavy (non-hydrogen) atoms. The van der Waals surface area contributed by atoms with Crippen LogP contribution in [0.5, 0.6) is 11.5 Å². The Balaban J connectivity index is 1.50. The van der Waals surface area contributed by atoms with E-state index in [0.717, 1.165) is 16.8 Å². The number of carbonyl (C=O) groups is 2. The molecule has 0 saturated carbocycles. The minimum atomic E-state index is -1.04. The van der Waals surface area contributed by atoms with E-state index in [1.807, 2.05) is 24.3 Å². The largest absolute Gasteiger partial charge is 0.480 e. The molecule has 156 valence electrons. The van der Waals surface area contributed by atoms with Gasteiger partial charge in [-0.25, -0.2) is 0 Å². The number of halogens is 1. The highest BCUT2D eigenvalue weighted by Gasteiger charge is 2.23. The maximum absolute atomic E-state index is 12.3. The fraction of sp³-hybridized carbons (Fsp3) is 0.0833. The van der Waals surface area contributed by atoms with Crippen LogP contribution in [0.3, 0.4) is 0 Å². The first-order valence-electron chi connectivity index (χ1n) is 9.58. The van der Waals surface area contributed by atoms with E-state index in [2.05, 4.69) is 5.32 Å². The Bertz CT molecular complexity index is 1190. The van der Waals surface area contributed by atoms with E-state index in [9.17, 15) is 9.59 Å². The fourth-order valence-electron chi connectivity index (χ4n) is 3.30. The molecule has 7 heteroatoms. The van der Waals surface area contributed by atoms with Gasteiger partial charge in [-0.05, 0) is 60.0 Å². The fourth-order valence-corrected chi connectivity index (χ4v) is 3.52. The molecule has 0 aliphatic carbocycles. The number of aliphatic carboxylic acids is 1. The molecule has 6 nitrogen and oxygen atoms in total. The monoisotopic (exact) mass is 434 g/mol. The van der Waals surface area contributed by atoms with E-state index < -0.39 is 12.0 Å². The lowest BCUT2D eigenvalue weighted by Gasteiger charge is -2.10. The Kier molecular flexibility index (Phi) is 5.75. The third-order valence-electron chi connectivity index (χ3n) is 4.91. The van der Waals surface area contributed by atoms with Gasteiger partial charge in [0.25, 0.3) is 5.91 Å². The van der Waals surface area contributed by atoms with Crippen molar-refractivity contribution in [3.63, 3.8) is 0 Å². The number of benzene rings is 3. The third kappa shape index (κ3) is 4.60. The molecule has 0 spiro atoms. The Morgan fingerprint density at radius 3 is 2.52 bits per heavy atom. The van der Waals surface area contributed by atoms with E-state index in [-0.39, 0.29) is 12.3 Å². The molecule has 3 aromatic rings. The van der Waals surface area contributed by atoms with Gasteiger partial charge in [0.05, 0.1) is 5.02 Å². The van der Waals surface area contributed by atoms with Crippen molar-refractivity contribution in [2.24, 2.45) is 5.73 Å². The summed E-state index contributed by atoms with van der Waals surface area (Å²) in [5, 5.41) is 12.2. The number of carbonyl (C=O) groups excluding carboxylic acids is 1. The maximum Gasteiger partial charge on any atom is 0.320 e. The molecule has 4 N–H and O–H groups in total. The normalized spacial score (nSPS) is 14.8. The summed E-state index contributed by atoms with van der Waals surface area (Å²) in [6.07, 6.45) is 2.00. The number of hydrogen-bond donors (Lipinski definition) is 3. The topological polar surface area (TPSA) is 102 Å². The van der Waals surface area contributed by atoms with Crippen LogP contribution in [-0.2, 0) is 16.0 Å². The number of rotatable bonds is 6. The van der Waals surface area contributed by atoms with Crippen molar-refractivity contribution in [2.45, 2.75) is 12.5 Å². The number of para-hydroxylation sites is 1.